The predicted octanol–water partition coefficient (Wildman–Crippen LogP) is 5.44. The third kappa shape index (κ3) is 5.05. The number of allylic oxidation sites excluding steroid dienone is 1. The van der Waals surface area contributed by atoms with E-state index in [1.807, 2.05) is 18.2 Å². The summed E-state index contributed by atoms with van der Waals surface area (Å²) in [6.45, 7) is 3.37. The number of amides is 1. The lowest BCUT2D eigenvalue weighted by molar-refractivity contribution is -0.140. The molecule has 1 aromatic heterocycles. The molecule has 32 heavy (non-hydrogen) atoms. The molecule has 2 aromatic carbocycles. The maximum Gasteiger partial charge on any atom is 0.419 e. The van der Waals surface area contributed by atoms with Gasteiger partial charge in [0.05, 0.1) is 16.8 Å². The van der Waals surface area contributed by atoms with E-state index >= 15 is 0 Å². The zero-order valence-electron chi connectivity index (χ0n) is 17.1. The number of hydrogen-bond donors (Lipinski definition) is 3. The Labute approximate surface area is 181 Å². The summed E-state index contributed by atoms with van der Waals surface area (Å²) in [5.74, 6) is -2.59. The molecule has 0 saturated heterocycles. The number of nitrogens with one attached hydrogen (secondary N) is 3. The van der Waals surface area contributed by atoms with E-state index in [0.29, 0.717) is 40.3 Å². The molecule has 3 aromatic rings. The van der Waals surface area contributed by atoms with Gasteiger partial charge in [-0.3, -0.25) is 20.4 Å². The van der Waals surface area contributed by atoms with E-state index in [1.54, 1.807) is 26.0 Å². The van der Waals surface area contributed by atoms with Crippen LogP contribution in [0, 0.1) is 19.7 Å². The number of anilines is 1. The second kappa shape index (κ2) is 9.09. The summed E-state index contributed by atoms with van der Waals surface area (Å²) >= 11 is 0. The molecule has 1 heterocycles. The Bertz CT molecular complexity index is 1180. The third-order valence-electron chi connectivity index (χ3n) is 4.76. The number of aromatic amines is 1. The van der Waals surface area contributed by atoms with E-state index in [-0.39, 0.29) is 5.56 Å². The number of carbonyl (C=O) groups excluding carboxylic acids is 2. The average Bonchev–Trinajstić information content (AvgIpc) is 3.03. The van der Waals surface area contributed by atoms with Gasteiger partial charge in [0.25, 0.3) is 5.91 Å². The van der Waals surface area contributed by atoms with E-state index in [2.05, 4.69) is 15.8 Å². The molecule has 0 aliphatic carbocycles. The fourth-order valence-electron chi connectivity index (χ4n) is 3.15. The maximum atomic E-state index is 13.7. The molecule has 0 spiro atoms. The Morgan fingerprint density at radius 3 is 2.34 bits per heavy atom. The Kier molecular flexibility index (Phi) is 6.47. The second-order valence-electron chi connectivity index (χ2n) is 7.00. The maximum absolute atomic E-state index is 13.7. The van der Waals surface area contributed by atoms with Crippen molar-refractivity contribution in [2.24, 2.45) is 0 Å². The average molecular weight is 445 g/mol. The lowest BCUT2D eigenvalue weighted by atomic mass is 10.1. The number of alkyl halides is 3. The molecule has 0 fully saturated rings. The number of rotatable bonds is 6. The van der Waals surface area contributed by atoms with Gasteiger partial charge in [-0.2, -0.15) is 13.2 Å². The molecule has 0 radical (unpaired) electrons. The number of aromatic nitrogens is 1. The molecule has 0 aliphatic rings. The first-order valence-electron chi connectivity index (χ1n) is 9.47. The van der Waals surface area contributed by atoms with Gasteiger partial charge in [0.15, 0.2) is 5.78 Å². The van der Waals surface area contributed by atoms with Crippen LogP contribution < -0.4 is 10.9 Å². The highest BCUT2D eigenvalue weighted by atomic mass is 19.4. The van der Waals surface area contributed by atoms with E-state index in [4.69, 9.17) is 0 Å². The first kappa shape index (κ1) is 22.8. The van der Waals surface area contributed by atoms with Gasteiger partial charge in [-0.1, -0.05) is 24.3 Å². The molecule has 0 saturated carbocycles. The Morgan fingerprint density at radius 1 is 1.03 bits per heavy atom. The summed E-state index contributed by atoms with van der Waals surface area (Å²) < 4.78 is 51.7. The van der Waals surface area contributed by atoms with E-state index in [0.717, 1.165) is 12.1 Å². The van der Waals surface area contributed by atoms with Crippen molar-refractivity contribution in [3.63, 3.8) is 0 Å². The van der Waals surface area contributed by atoms with Gasteiger partial charge in [0.2, 0.25) is 0 Å². The minimum atomic E-state index is -4.84. The van der Waals surface area contributed by atoms with Crippen molar-refractivity contribution in [1.82, 2.24) is 10.4 Å². The highest BCUT2D eigenvalue weighted by molar-refractivity contribution is 6.07. The van der Waals surface area contributed by atoms with Crippen LogP contribution in [0.1, 0.15) is 43.2 Å². The van der Waals surface area contributed by atoms with Crippen LogP contribution in [0.25, 0.3) is 6.08 Å². The van der Waals surface area contributed by atoms with Gasteiger partial charge in [0, 0.05) is 17.0 Å². The number of aryl methyl sites for hydroxylation is 1. The van der Waals surface area contributed by atoms with E-state index in [1.165, 1.54) is 6.08 Å². The molecular formula is C23H19F4N3O2. The zero-order chi connectivity index (χ0) is 23.5. The standard InChI is InChI=1S/C23H19F4N3O2/c1-13-19(10-11-20(31)15-8-9-17(18(24)12-15)23(25,26)27)28-14(2)21(13)22(32)30-29-16-6-4-3-5-7-16/h3-12,28-29H,1-2H3,(H,30,32)/b11-10+. The van der Waals surface area contributed by atoms with Crippen LogP contribution >= 0.6 is 0 Å². The summed E-state index contributed by atoms with van der Waals surface area (Å²) in [7, 11) is 0. The third-order valence-corrected chi connectivity index (χ3v) is 4.76. The van der Waals surface area contributed by atoms with Gasteiger partial charge in [-0.05, 0) is 55.8 Å². The SMILES string of the molecule is Cc1[nH]c(/C=C/C(=O)c2ccc(C(F)(F)F)c(F)c2)c(C)c1C(=O)NNc1ccccc1. The monoisotopic (exact) mass is 445 g/mol. The lowest BCUT2D eigenvalue weighted by Gasteiger charge is -2.09. The summed E-state index contributed by atoms with van der Waals surface area (Å²) in [6, 6.07) is 11.0. The van der Waals surface area contributed by atoms with Crippen LogP contribution in [0.3, 0.4) is 0 Å². The van der Waals surface area contributed by atoms with Crippen molar-refractivity contribution in [3.8, 4) is 0 Å². The van der Waals surface area contributed by atoms with Crippen molar-refractivity contribution in [3.05, 3.63) is 94.1 Å². The van der Waals surface area contributed by atoms with Crippen LogP contribution in [0.5, 0.6) is 0 Å². The summed E-state index contributed by atoms with van der Waals surface area (Å²) in [6.07, 6.45) is -2.35. The molecule has 5 nitrogen and oxygen atoms in total. The molecule has 0 bridgehead atoms. The van der Waals surface area contributed by atoms with Crippen molar-refractivity contribution >= 4 is 23.5 Å². The molecule has 0 aliphatic heterocycles. The summed E-state index contributed by atoms with van der Waals surface area (Å²) in [5, 5.41) is 0. The first-order chi connectivity index (χ1) is 15.1. The minimum Gasteiger partial charge on any atom is -0.358 e. The van der Waals surface area contributed by atoms with Crippen molar-refractivity contribution in [1.29, 1.82) is 0 Å². The number of ketones is 1. The number of hydrogen-bond acceptors (Lipinski definition) is 3. The van der Waals surface area contributed by atoms with Gasteiger partial charge in [-0.15, -0.1) is 0 Å². The molecule has 0 unspecified atom stereocenters. The Hall–Kier alpha value is -3.88. The fourth-order valence-corrected chi connectivity index (χ4v) is 3.15. The topological polar surface area (TPSA) is 74.0 Å². The Morgan fingerprint density at radius 2 is 1.72 bits per heavy atom. The number of para-hydroxylation sites is 1. The van der Waals surface area contributed by atoms with Gasteiger partial charge >= 0.3 is 6.18 Å². The second-order valence-corrected chi connectivity index (χ2v) is 7.00. The van der Waals surface area contributed by atoms with Crippen molar-refractivity contribution in [2.75, 3.05) is 5.43 Å². The molecule has 1 amide bonds. The van der Waals surface area contributed by atoms with Crippen LogP contribution in [-0.4, -0.2) is 16.7 Å². The highest BCUT2D eigenvalue weighted by Gasteiger charge is 2.34. The van der Waals surface area contributed by atoms with Crippen molar-refractivity contribution < 1.29 is 27.2 Å². The minimum absolute atomic E-state index is 0.224. The molecule has 3 N–H and O–H groups in total. The van der Waals surface area contributed by atoms with Crippen LogP contribution in [0.15, 0.2) is 54.6 Å². The predicted molar refractivity (Wildman–Crippen MR) is 113 cm³/mol. The van der Waals surface area contributed by atoms with Crippen molar-refractivity contribution in [2.45, 2.75) is 20.0 Å². The molecule has 9 heteroatoms. The highest BCUT2D eigenvalue weighted by Crippen LogP contribution is 2.31. The number of carbonyl (C=O) groups is 2. The fraction of sp³-hybridized carbons (Fsp3) is 0.130. The Balaban J connectivity index is 1.74. The molecule has 0 atom stereocenters. The van der Waals surface area contributed by atoms with E-state index in [9.17, 15) is 27.2 Å². The molecule has 3 rings (SSSR count). The number of H-pyrrole nitrogens is 1. The first-order valence-corrected chi connectivity index (χ1v) is 9.47. The normalized spacial score (nSPS) is 11.6. The lowest BCUT2D eigenvalue weighted by Crippen LogP contribution is -2.30. The van der Waals surface area contributed by atoms with E-state index < -0.39 is 29.2 Å². The summed E-state index contributed by atoms with van der Waals surface area (Å²) in [5.41, 5.74) is 6.39. The van der Waals surface area contributed by atoms with Crippen LogP contribution in [0.2, 0.25) is 0 Å². The quantitative estimate of drug-likeness (QED) is 0.205. The van der Waals surface area contributed by atoms with Gasteiger partial charge < -0.3 is 4.98 Å². The number of hydrazine groups is 1. The van der Waals surface area contributed by atoms with Crippen LogP contribution in [-0.2, 0) is 6.18 Å². The van der Waals surface area contributed by atoms with Gasteiger partial charge in [-0.25, -0.2) is 4.39 Å². The zero-order valence-corrected chi connectivity index (χ0v) is 17.1. The summed E-state index contributed by atoms with van der Waals surface area (Å²) in [4.78, 5) is 27.8. The largest absolute Gasteiger partial charge is 0.419 e. The molecule has 166 valence electrons. The number of halogens is 4. The number of benzene rings is 2. The van der Waals surface area contributed by atoms with Crippen LogP contribution in [0.4, 0.5) is 23.2 Å². The van der Waals surface area contributed by atoms with Gasteiger partial charge in [0.1, 0.15) is 5.82 Å². The smallest absolute Gasteiger partial charge is 0.358 e. The molecular weight excluding hydrogens is 426 g/mol.